The fraction of sp³-hybridized carbons (Fsp3) is 0.865. The minimum absolute atomic E-state index is 0. The number of hydrogen-bond acceptors (Lipinski definition) is 21. The Morgan fingerprint density at radius 3 is 0.990 bits per heavy atom. The Kier molecular flexibility index (Phi) is 76.0. The number of aliphatic hydroxyl groups excluding tert-OH is 1. The summed E-state index contributed by atoms with van der Waals surface area (Å²) in [5.74, 6) is -0.404. The Balaban J connectivity index is -0.00000330. The molecule has 576 valence electrons. The van der Waals surface area contributed by atoms with Gasteiger partial charge in [0.15, 0.2) is 12.2 Å². The number of aliphatic hydroxyl groups is 1. The van der Waals surface area contributed by atoms with Crippen LogP contribution in [0.2, 0.25) is 0 Å². The molecule has 21 nitrogen and oxygen atoms in total. The van der Waals surface area contributed by atoms with E-state index in [0.717, 1.165) is 180 Å². The first-order valence-corrected chi connectivity index (χ1v) is 41.2. The Morgan fingerprint density at radius 2 is 0.680 bits per heavy atom. The maximum atomic E-state index is 12.8. The molecule has 4 unspecified atom stereocenters. The van der Waals surface area contributed by atoms with Crippen LogP contribution in [0.15, 0.2) is 24.3 Å². The fourth-order valence-corrected chi connectivity index (χ4v) is 12.2. The number of phosphoric acid groups is 2. The molecule has 1 aliphatic rings. The largest absolute Gasteiger partial charge is 1.00 e. The molecule has 1 saturated heterocycles. The molecule has 0 saturated carbocycles. The van der Waals surface area contributed by atoms with Gasteiger partial charge in [0.2, 0.25) is 0 Å². The van der Waals surface area contributed by atoms with Crippen LogP contribution >= 0.6 is 28.1 Å². The van der Waals surface area contributed by atoms with Gasteiger partial charge in [-0.05, 0) is 62.8 Å². The first-order chi connectivity index (χ1) is 47.0. The normalized spacial score (nSPS) is 14.2. The van der Waals surface area contributed by atoms with Gasteiger partial charge in [-0.15, -0.1) is 12.4 Å². The van der Waals surface area contributed by atoms with E-state index in [9.17, 15) is 43.2 Å². The van der Waals surface area contributed by atoms with Crippen molar-refractivity contribution in [1.29, 1.82) is 0 Å². The maximum Gasteiger partial charge on any atom is 1.00 e. The summed E-state index contributed by atoms with van der Waals surface area (Å²) in [7, 11) is -10.4. The van der Waals surface area contributed by atoms with E-state index in [1.807, 2.05) is 24.3 Å². The molecule has 4 atom stereocenters. The number of carbonyl (C=O) groups excluding carboxylic acids is 4. The Labute approximate surface area is 655 Å². The van der Waals surface area contributed by atoms with Crippen molar-refractivity contribution in [2.24, 2.45) is 0 Å². The summed E-state index contributed by atoms with van der Waals surface area (Å²) in [5, 5.41) is 10.4. The molecule has 1 N–H and O–H groups in total. The van der Waals surface area contributed by atoms with Crippen molar-refractivity contribution in [1.82, 2.24) is 4.90 Å². The molecule has 0 spiro atoms. The van der Waals surface area contributed by atoms with E-state index in [2.05, 4.69) is 39.5 Å². The van der Waals surface area contributed by atoms with E-state index in [1.165, 1.54) is 103 Å². The molecule has 1 aromatic rings. The molecule has 0 bridgehead atoms. The van der Waals surface area contributed by atoms with Gasteiger partial charge in [-0.1, -0.05) is 247 Å². The van der Waals surface area contributed by atoms with E-state index in [4.69, 9.17) is 51.3 Å². The number of nitrogens with zero attached hydrogens (tertiary/aromatic N) is 1. The van der Waals surface area contributed by atoms with Crippen LogP contribution in [0.25, 0.3) is 0 Å². The summed E-state index contributed by atoms with van der Waals surface area (Å²) in [6, 6.07) is 7.92. The summed E-state index contributed by atoms with van der Waals surface area (Å²) in [4.78, 5) is 78.7. The summed E-state index contributed by atoms with van der Waals surface area (Å²) in [6.45, 7) is 13.0. The van der Waals surface area contributed by atoms with Gasteiger partial charge in [0.05, 0.1) is 52.9 Å². The van der Waals surface area contributed by atoms with Crippen LogP contribution in [-0.2, 0) is 70.1 Å². The number of ether oxygens (including phenoxy) is 7. The second-order valence-electron chi connectivity index (χ2n) is 26.0. The topological polar surface area (TPSA) is 274 Å². The van der Waals surface area contributed by atoms with Crippen molar-refractivity contribution in [2.45, 2.75) is 329 Å². The predicted molar refractivity (Wildman–Crippen MR) is 386 cm³/mol. The van der Waals surface area contributed by atoms with Crippen molar-refractivity contribution < 1.29 is 154 Å². The molecule has 2 rings (SSSR count). The number of phosphoric ester groups is 2. The van der Waals surface area contributed by atoms with E-state index < -0.39 is 97.5 Å². The molecule has 1 fully saturated rings. The van der Waals surface area contributed by atoms with Crippen molar-refractivity contribution in [3.63, 3.8) is 0 Å². The molecule has 1 aromatic carbocycles. The van der Waals surface area contributed by atoms with Crippen LogP contribution in [0.3, 0.4) is 0 Å². The predicted octanol–water partition coefficient (Wildman–Crippen LogP) is 11.3. The van der Waals surface area contributed by atoms with Crippen LogP contribution in [0.5, 0.6) is 11.5 Å². The third-order valence-corrected chi connectivity index (χ3v) is 18.5. The second kappa shape index (κ2) is 73.6. The number of carbonyl (C=O) groups is 4. The van der Waals surface area contributed by atoms with Gasteiger partial charge in [-0.3, -0.25) is 33.2 Å². The first kappa shape index (κ1) is 103. The zero-order valence-electron chi connectivity index (χ0n) is 63.6. The van der Waals surface area contributed by atoms with E-state index in [-0.39, 0.29) is 97.2 Å². The Hall–Kier alpha value is -0.910. The zero-order chi connectivity index (χ0) is 71.0. The SMILES string of the molecule is CCCCCCCCCCCC(=O)OCC(COP(=O)([O-])OCC(O)COP(=O)([O-])OCC(COC(=O)CCCCCCCCCCC)OC(=O)CCCCCCCCCCC)OC(=O)CCCCCCCCCCC.CCCCOc1ccc(OCCCN2CCOCC2)cc1.Cl.[Na+].[Na+]. The first-order valence-electron chi connectivity index (χ1n) is 38.3. The average molecular weight is 1500 g/mol. The Bertz CT molecular complexity index is 2020. The van der Waals surface area contributed by atoms with E-state index in [0.29, 0.717) is 25.7 Å². The number of morpholine rings is 1. The van der Waals surface area contributed by atoms with Crippen LogP contribution in [0.4, 0.5) is 0 Å². The quantitative estimate of drug-likeness (QED) is 0.0209. The third kappa shape index (κ3) is 67.7. The second-order valence-corrected chi connectivity index (χ2v) is 28.8. The summed E-state index contributed by atoms with van der Waals surface area (Å²) < 4.78 is 83.4. The zero-order valence-corrected chi connectivity index (χ0v) is 70.2. The standard InChI is InChI=1S/C57H110O17P2.C17H27NO3.ClH.2Na/c1-5-9-13-17-21-25-29-33-37-41-54(59)67-47-52(73-56(61)43-39-35-31-27-23-19-15-11-7-3)49-71-75(63,64)69-45-51(58)46-70-76(65,66)72-50-53(74-57(62)44-40-36-32-28-24-20-16-12-8-4)48-68-55(60)42-38-34-30-26-22-18-14-10-6-2;1-2-3-12-20-16-5-7-17(8-6-16)21-13-4-9-18-10-14-19-15-11-18;;;/h51-53,58H,5-50H2,1-4H3,(H,63,64)(H,65,66);5-8H,2-4,9-15H2,1H3;1H;;/q;;;2*+1/p-2. The summed E-state index contributed by atoms with van der Waals surface area (Å²) >= 11 is 0. The van der Waals surface area contributed by atoms with Gasteiger partial charge in [0, 0.05) is 45.3 Å². The minimum atomic E-state index is -5.20. The number of halogens is 1. The van der Waals surface area contributed by atoms with Gasteiger partial charge < -0.3 is 66.1 Å². The molecule has 0 aliphatic carbocycles. The monoisotopic (exact) mass is 1500 g/mol. The number of benzene rings is 1. The molecular weight excluding hydrogens is 1370 g/mol. The minimum Gasteiger partial charge on any atom is -0.756 e. The Morgan fingerprint density at radius 1 is 0.410 bits per heavy atom. The smallest absolute Gasteiger partial charge is 0.756 e. The van der Waals surface area contributed by atoms with Crippen LogP contribution in [0.1, 0.15) is 311 Å². The van der Waals surface area contributed by atoms with Crippen molar-refractivity contribution >= 4 is 51.9 Å². The van der Waals surface area contributed by atoms with Crippen LogP contribution in [0, 0.1) is 0 Å². The molecule has 1 heterocycles. The van der Waals surface area contributed by atoms with Crippen LogP contribution in [-0.4, -0.2) is 138 Å². The average Bonchev–Trinajstić information content (AvgIpc) is 0.948. The van der Waals surface area contributed by atoms with Crippen LogP contribution < -0.4 is 78.4 Å². The van der Waals surface area contributed by atoms with Gasteiger partial charge in [-0.2, -0.15) is 0 Å². The molecule has 0 amide bonds. The third-order valence-electron chi connectivity index (χ3n) is 16.7. The summed E-state index contributed by atoms with van der Waals surface area (Å²) in [5.41, 5.74) is 0. The van der Waals surface area contributed by atoms with Gasteiger partial charge >= 0.3 is 83.0 Å². The molecule has 0 aromatic heterocycles. The molecular formula is C74H136ClNNa2O20P2. The van der Waals surface area contributed by atoms with Gasteiger partial charge in [0.25, 0.3) is 15.6 Å². The number of hydrogen-bond donors (Lipinski definition) is 1. The summed E-state index contributed by atoms with van der Waals surface area (Å²) in [6.07, 6.45) is 37.5. The number of esters is 4. The van der Waals surface area contributed by atoms with Gasteiger partial charge in [-0.25, -0.2) is 0 Å². The van der Waals surface area contributed by atoms with E-state index >= 15 is 0 Å². The maximum absolute atomic E-state index is 12.8. The molecule has 26 heteroatoms. The molecule has 100 heavy (non-hydrogen) atoms. The van der Waals surface area contributed by atoms with Crippen molar-refractivity contribution in [3.8, 4) is 11.5 Å². The molecule has 1 aliphatic heterocycles. The number of rotatable bonds is 67. The van der Waals surface area contributed by atoms with Gasteiger partial charge in [0.1, 0.15) is 30.8 Å². The van der Waals surface area contributed by atoms with Crippen molar-refractivity contribution in [2.75, 3.05) is 85.7 Å². The number of unbranched alkanes of at least 4 members (excludes halogenated alkanes) is 33. The molecule has 0 radical (unpaired) electrons. The van der Waals surface area contributed by atoms with Crippen molar-refractivity contribution in [3.05, 3.63) is 24.3 Å². The van der Waals surface area contributed by atoms with E-state index in [1.54, 1.807) is 0 Å². The fourth-order valence-electron chi connectivity index (χ4n) is 10.7.